The fraction of sp³-hybridized carbons (Fsp3) is 0.105. The van der Waals surface area contributed by atoms with Gasteiger partial charge in [0.15, 0.2) is 23.0 Å². The smallest absolute Gasteiger partial charge is 0.348 e. The number of fused-ring (bicyclic) bond motifs is 2. The lowest BCUT2D eigenvalue weighted by Crippen LogP contribution is -1.95. The highest BCUT2D eigenvalue weighted by Gasteiger charge is 2.23. The molecule has 2 aliphatic rings. The summed E-state index contributed by atoms with van der Waals surface area (Å²) in [7, 11) is 3.13. The van der Waals surface area contributed by atoms with Crippen LogP contribution < -0.4 is 15.1 Å². The van der Waals surface area contributed by atoms with Crippen LogP contribution in [-0.4, -0.2) is 14.2 Å². The summed E-state index contributed by atoms with van der Waals surface area (Å²) < 4.78 is 21.9. The number of benzene rings is 2. The number of methoxy groups -OCH3 is 2. The first kappa shape index (κ1) is 14.4. The summed E-state index contributed by atoms with van der Waals surface area (Å²) in [4.78, 5) is 12.3. The second-order valence-corrected chi connectivity index (χ2v) is 5.32. The van der Waals surface area contributed by atoms with E-state index in [0.717, 1.165) is 10.9 Å². The zero-order chi connectivity index (χ0) is 16.7. The van der Waals surface area contributed by atoms with E-state index in [1.807, 2.05) is 30.3 Å². The molecule has 0 amide bonds. The minimum atomic E-state index is -0.422. The largest absolute Gasteiger partial charge is 0.493 e. The molecular formula is C19H14O5. The van der Waals surface area contributed by atoms with E-state index >= 15 is 0 Å². The summed E-state index contributed by atoms with van der Waals surface area (Å²) in [5.41, 5.74) is 1.33. The van der Waals surface area contributed by atoms with E-state index in [0.29, 0.717) is 34.2 Å². The van der Waals surface area contributed by atoms with E-state index < -0.39 is 5.63 Å². The molecule has 0 unspecified atom stereocenters. The van der Waals surface area contributed by atoms with Gasteiger partial charge in [0.05, 0.1) is 14.2 Å². The fourth-order valence-corrected chi connectivity index (χ4v) is 2.79. The molecule has 2 heterocycles. The number of rotatable bonds is 3. The summed E-state index contributed by atoms with van der Waals surface area (Å²) >= 11 is 0. The summed E-state index contributed by atoms with van der Waals surface area (Å²) in [6.07, 6.45) is 0. The van der Waals surface area contributed by atoms with Gasteiger partial charge in [0.25, 0.3) is 0 Å². The fourth-order valence-electron chi connectivity index (χ4n) is 2.79. The highest BCUT2D eigenvalue weighted by molar-refractivity contribution is 5.88. The van der Waals surface area contributed by atoms with Crippen LogP contribution in [0.3, 0.4) is 0 Å². The molecule has 0 aromatic heterocycles. The van der Waals surface area contributed by atoms with Crippen LogP contribution in [0.25, 0.3) is 33.6 Å². The predicted octanol–water partition coefficient (Wildman–Crippen LogP) is 4.18. The Hall–Kier alpha value is -3.21. The van der Waals surface area contributed by atoms with Crippen molar-refractivity contribution in [3.8, 4) is 34.1 Å². The lowest BCUT2D eigenvalue weighted by atomic mass is 10.1. The second kappa shape index (κ2) is 5.45. The van der Waals surface area contributed by atoms with Crippen molar-refractivity contribution in [2.24, 2.45) is 0 Å². The summed E-state index contributed by atoms with van der Waals surface area (Å²) in [6.45, 7) is 0. The molecule has 0 atom stereocenters. The maximum atomic E-state index is 12.3. The quantitative estimate of drug-likeness (QED) is 0.566. The molecule has 5 heteroatoms. The molecule has 4 rings (SSSR count). The average molecular weight is 322 g/mol. The Morgan fingerprint density at radius 2 is 1.58 bits per heavy atom. The van der Waals surface area contributed by atoms with Gasteiger partial charge in [-0.3, -0.25) is 0 Å². The lowest BCUT2D eigenvalue weighted by molar-refractivity contribution is 0.355. The van der Waals surface area contributed by atoms with Gasteiger partial charge in [0.1, 0.15) is 11.1 Å². The third-order valence-electron chi connectivity index (χ3n) is 3.93. The third-order valence-corrected chi connectivity index (χ3v) is 3.93. The Balaban J connectivity index is 2.03. The zero-order valence-corrected chi connectivity index (χ0v) is 13.2. The van der Waals surface area contributed by atoms with Gasteiger partial charge >= 0.3 is 5.63 Å². The molecule has 24 heavy (non-hydrogen) atoms. The molecule has 120 valence electrons. The Morgan fingerprint density at radius 1 is 0.875 bits per heavy atom. The maximum Gasteiger partial charge on any atom is 0.348 e. The topological polar surface area (TPSA) is 61.8 Å². The van der Waals surface area contributed by atoms with Gasteiger partial charge < -0.3 is 18.3 Å². The van der Waals surface area contributed by atoms with Crippen LogP contribution >= 0.6 is 0 Å². The van der Waals surface area contributed by atoms with Gasteiger partial charge in [-0.1, -0.05) is 30.3 Å². The molecule has 0 radical (unpaired) electrons. The third kappa shape index (κ3) is 2.13. The highest BCUT2D eigenvalue weighted by Crippen LogP contribution is 2.39. The Morgan fingerprint density at radius 3 is 2.29 bits per heavy atom. The first-order valence-electron chi connectivity index (χ1n) is 7.39. The molecule has 0 N–H and O–H groups in total. The van der Waals surface area contributed by atoms with Crippen molar-refractivity contribution in [1.29, 1.82) is 0 Å². The van der Waals surface area contributed by atoms with Crippen molar-refractivity contribution in [2.45, 2.75) is 0 Å². The zero-order valence-electron chi connectivity index (χ0n) is 13.2. The van der Waals surface area contributed by atoms with E-state index in [2.05, 4.69) is 0 Å². The first-order chi connectivity index (χ1) is 11.7. The van der Waals surface area contributed by atoms with Crippen LogP contribution in [0.5, 0.6) is 11.5 Å². The molecule has 0 spiro atoms. The number of furan rings is 1. The van der Waals surface area contributed by atoms with Crippen molar-refractivity contribution in [3.63, 3.8) is 0 Å². The molecular weight excluding hydrogens is 308 g/mol. The molecule has 0 aliphatic carbocycles. The minimum Gasteiger partial charge on any atom is -0.493 e. The second-order valence-electron chi connectivity index (χ2n) is 5.32. The monoisotopic (exact) mass is 322 g/mol. The molecule has 0 saturated heterocycles. The maximum absolute atomic E-state index is 12.3. The van der Waals surface area contributed by atoms with E-state index in [1.54, 1.807) is 32.4 Å². The van der Waals surface area contributed by atoms with E-state index in [9.17, 15) is 4.79 Å². The van der Waals surface area contributed by atoms with Crippen LogP contribution in [-0.2, 0) is 0 Å². The normalized spacial score (nSPS) is 11.1. The van der Waals surface area contributed by atoms with E-state index in [4.69, 9.17) is 18.3 Å². The molecule has 0 bridgehead atoms. The number of hydrogen-bond donors (Lipinski definition) is 0. The first-order valence-corrected chi connectivity index (χ1v) is 7.39. The minimum absolute atomic E-state index is 0.401. The summed E-state index contributed by atoms with van der Waals surface area (Å²) in [6, 6.07) is 14.6. The van der Waals surface area contributed by atoms with Crippen molar-refractivity contribution in [3.05, 3.63) is 59.0 Å². The lowest BCUT2D eigenvalue weighted by Gasteiger charge is -2.09. The van der Waals surface area contributed by atoms with Gasteiger partial charge in [-0.15, -0.1) is 0 Å². The number of ether oxygens (including phenoxy) is 2. The Kier molecular flexibility index (Phi) is 3.27. The van der Waals surface area contributed by atoms with Crippen LogP contribution in [0.15, 0.2) is 62.2 Å². The van der Waals surface area contributed by atoms with Crippen molar-refractivity contribution < 1.29 is 18.3 Å². The van der Waals surface area contributed by atoms with Gasteiger partial charge in [-0.05, 0) is 17.7 Å². The van der Waals surface area contributed by atoms with Crippen LogP contribution in [0.2, 0.25) is 0 Å². The molecule has 0 fully saturated rings. The molecule has 2 aromatic rings. The van der Waals surface area contributed by atoms with Gasteiger partial charge in [0.2, 0.25) is 0 Å². The highest BCUT2D eigenvalue weighted by atomic mass is 16.5. The molecule has 0 saturated carbocycles. The van der Waals surface area contributed by atoms with Crippen LogP contribution in [0.4, 0.5) is 0 Å². The van der Waals surface area contributed by atoms with Gasteiger partial charge in [-0.25, -0.2) is 4.79 Å². The van der Waals surface area contributed by atoms with Crippen molar-refractivity contribution in [1.82, 2.24) is 0 Å². The van der Waals surface area contributed by atoms with E-state index in [1.165, 1.54) is 0 Å². The van der Waals surface area contributed by atoms with Gasteiger partial charge in [-0.2, -0.15) is 0 Å². The van der Waals surface area contributed by atoms with Crippen molar-refractivity contribution >= 4 is 11.0 Å². The van der Waals surface area contributed by atoms with Crippen molar-refractivity contribution in [2.75, 3.05) is 14.2 Å². The van der Waals surface area contributed by atoms with Crippen LogP contribution in [0, 0.1) is 0 Å². The Bertz CT molecular complexity index is 1040. The van der Waals surface area contributed by atoms with Crippen LogP contribution in [0.1, 0.15) is 0 Å². The molecule has 2 aliphatic heterocycles. The summed E-state index contributed by atoms with van der Waals surface area (Å²) in [5.74, 6) is 1.96. The molecule has 5 nitrogen and oxygen atoms in total. The summed E-state index contributed by atoms with van der Waals surface area (Å²) in [5, 5.41) is 0.758. The predicted molar refractivity (Wildman–Crippen MR) is 89.9 cm³/mol. The standard InChI is InChI=1S/C19H14O5/c1-21-14-8-12-9-16-18(23-13(12)10-15(14)22-2)17(19(20)24-16)11-6-4-3-5-7-11/h3-10H,1-2H3. The van der Waals surface area contributed by atoms with E-state index in [-0.39, 0.29) is 0 Å². The molecule has 2 aromatic carbocycles. The Labute approximate surface area is 137 Å². The van der Waals surface area contributed by atoms with Gasteiger partial charge in [0, 0.05) is 11.5 Å². The average Bonchev–Trinajstić information content (AvgIpc) is 2.93. The SMILES string of the molecule is COc1cc2cc3oc(=O)c(-c4ccccc4)c-3oc2cc1OC. The number of hydrogen-bond acceptors (Lipinski definition) is 5.